The van der Waals surface area contributed by atoms with Crippen molar-refractivity contribution in [2.75, 3.05) is 20.3 Å². The molecule has 0 aliphatic rings. The van der Waals surface area contributed by atoms with Crippen molar-refractivity contribution in [3.8, 4) is 5.95 Å². The molecule has 9 nitrogen and oxygen atoms in total. The first-order chi connectivity index (χ1) is 13.5. The first kappa shape index (κ1) is 20.6. The summed E-state index contributed by atoms with van der Waals surface area (Å²) in [6, 6.07) is 4.39. The predicted molar refractivity (Wildman–Crippen MR) is 97.8 cm³/mol. The van der Waals surface area contributed by atoms with Crippen LogP contribution in [0.4, 0.5) is 0 Å². The molecule has 0 amide bonds. The number of carbonyl (C=O) groups is 3. The molecule has 146 valence electrons. The van der Waals surface area contributed by atoms with Gasteiger partial charge in [-0.1, -0.05) is 25.3 Å². The van der Waals surface area contributed by atoms with E-state index < -0.39 is 23.8 Å². The van der Waals surface area contributed by atoms with Crippen molar-refractivity contribution in [2.24, 2.45) is 0 Å². The first-order valence-electron chi connectivity index (χ1n) is 8.17. The van der Waals surface area contributed by atoms with Crippen LogP contribution in [-0.4, -0.2) is 52.8 Å². The van der Waals surface area contributed by atoms with E-state index >= 15 is 0 Å². The first-order valence-corrected chi connectivity index (χ1v) is 8.17. The second-order valence-electron chi connectivity index (χ2n) is 5.29. The molecule has 0 N–H and O–H groups in total. The van der Waals surface area contributed by atoms with Gasteiger partial charge in [0.2, 0.25) is 5.95 Å². The second-order valence-corrected chi connectivity index (χ2v) is 5.29. The molecule has 0 bridgehead atoms. The van der Waals surface area contributed by atoms with Crippen molar-refractivity contribution in [2.45, 2.75) is 5.92 Å². The molecule has 2 aromatic rings. The Morgan fingerprint density at radius 2 is 1.64 bits per heavy atom. The molecule has 28 heavy (non-hydrogen) atoms. The summed E-state index contributed by atoms with van der Waals surface area (Å²) in [5.74, 6) is -3.86. The van der Waals surface area contributed by atoms with E-state index in [1.54, 1.807) is 6.07 Å². The van der Waals surface area contributed by atoms with Gasteiger partial charge in [0.05, 0.1) is 12.8 Å². The third-order valence-corrected chi connectivity index (χ3v) is 3.51. The number of ether oxygens (including phenoxy) is 3. The zero-order valence-corrected chi connectivity index (χ0v) is 15.2. The van der Waals surface area contributed by atoms with Gasteiger partial charge in [0, 0.05) is 12.4 Å². The highest BCUT2D eigenvalue weighted by molar-refractivity contribution is 6.01. The third kappa shape index (κ3) is 4.50. The van der Waals surface area contributed by atoms with Gasteiger partial charge in [-0.2, -0.15) is 0 Å². The molecule has 0 aromatic carbocycles. The van der Waals surface area contributed by atoms with Gasteiger partial charge < -0.3 is 14.2 Å². The maximum Gasteiger partial charge on any atom is 0.355 e. The summed E-state index contributed by atoms with van der Waals surface area (Å²) in [4.78, 5) is 45.5. The van der Waals surface area contributed by atoms with E-state index in [4.69, 9.17) is 14.2 Å². The van der Waals surface area contributed by atoms with Crippen molar-refractivity contribution in [1.82, 2.24) is 14.5 Å². The lowest BCUT2D eigenvalue weighted by atomic mass is 10.1. The summed E-state index contributed by atoms with van der Waals surface area (Å²) < 4.78 is 16.1. The van der Waals surface area contributed by atoms with E-state index in [1.807, 2.05) is 0 Å². The van der Waals surface area contributed by atoms with Crippen LogP contribution in [0.2, 0.25) is 0 Å². The summed E-state index contributed by atoms with van der Waals surface area (Å²) in [5.41, 5.74) is 0.122. The molecule has 2 aromatic heterocycles. The molecule has 0 unspecified atom stereocenters. The van der Waals surface area contributed by atoms with Crippen molar-refractivity contribution >= 4 is 17.9 Å². The topological polar surface area (TPSA) is 110 Å². The Morgan fingerprint density at radius 3 is 2.14 bits per heavy atom. The normalized spacial score (nSPS) is 10.2. The van der Waals surface area contributed by atoms with Crippen molar-refractivity contribution < 1.29 is 28.6 Å². The molecule has 0 saturated heterocycles. The zero-order chi connectivity index (χ0) is 20.5. The minimum absolute atomic E-state index is 0.0294. The van der Waals surface area contributed by atoms with Gasteiger partial charge >= 0.3 is 17.9 Å². The summed E-state index contributed by atoms with van der Waals surface area (Å²) in [7, 11) is 1.21. The van der Waals surface area contributed by atoms with Gasteiger partial charge in [0.15, 0.2) is 5.92 Å². The average molecular weight is 385 g/mol. The van der Waals surface area contributed by atoms with E-state index in [-0.39, 0.29) is 30.5 Å². The molecule has 2 heterocycles. The Morgan fingerprint density at radius 1 is 1.07 bits per heavy atom. The smallest absolute Gasteiger partial charge is 0.355 e. The Labute approximate surface area is 161 Å². The number of carbonyl (C=O) groups excluding carboxylic acids is 3. The lowest BCUT2D eigenvalue weighted by Gasteiger charge is -2.17. The van der Waals surface area contributed by atoms with Crippen molar-refractivity contribution in [1.29, 1.82) is 0 Å². The van der Waals surface area contributed by atoms with E-state index in [0.29, 0.717) is 0 Å². The fourth-order valence-corrected chi connectivity index (χ4v) is 2.36. The zero-order valence-electron chi connectivity index (χ0n) is 15.2. The molecule has 2 rings (SSSR count). The van der Waals surface area contributed by atoms with Crippen LogP contribution >= 0.6 is 0 Å². The van der Waals surface area contributed by atoms with Crippen LogP contribution in [0.25, 0.3) is 5.95 Å². The van der Waals surface area contributed by atoms with Crippen LogP contribution in [0.5, 0.6) is 0 Å². The standard InChI is InChI=1S/C19H19N3O6/c1-4-11-27-17(24)15(18(25)28-12-5-2)13-7-8-14(16(23)26-3)22(13)19-20-9-6-10-21-19/h4-10,15H,1-2,11-12H2,3H3. The highest BCUT2D eigenvalue weighted by Gasteiger charge is 2.36. The molecule has 0 atom stereocenters. The maximum atomic E-state index is 12.6. The molecule has 0 radical (unpaired) electrons. The fraction of sp³-hybridized carbons (Fsp3) is 0.211. The van der Waals surface area contributed by atoms with Gasteiger partial charge in [0.25, 0.3) is 0 Å². The molecular formula is C19H19N3O6. The van der Waals surface area contributed by atoms with Crippen molar-refractivity contribution in [3.63, 3.8) is 0 Å². The van der Waals surface area contributed by atoms with Crippen LogP contribution in [0.3, 0.4) is 0 Å². The quantitative estimate of drug-likeness (QED) is 0.277. The van der Waals surface area contributed by atoms with Crippen LogP contribution < -0.4 is 0 Å². The molecule has 0 aliphatic heterocycles. The van der Waals surface area contributed by atoms with Crippen molar-refractivity contribution in [3.05, 3.63) is 67.3 Å². The highest BCUT2D eigenvalue weighted by atomic mass is 16.6. The maximum absolute atomic E-state index is 12.6. The largest absolute Gasteiger partial charge is 0.464 e. The fourth-order valence-electron chi connectivity index (χ4n) is 2.36. The van der Waals surface area contributed by atoms with E-state index in [0.717, 1.165) is 0 Å². The Kier molecular flexibility index (Phi) is 7.21. The number of hydrogen-bond acceptors (Lipinski definition) is 8. The lowest BCUT2D eigenvalue weighted by molar-refractivity contribution is -0.156. The molecule has 9 heteroatoms. The molecule has 0 saturated carbocycles. The number of methoxy groups -OCH3 is 1. The SMILES string of the molecule is C=CCOC(=O)C(C(=O)OCC=C)c1ccc(C(=O)OC)n1-c1ncccn1. The summed E-state index contributed by atoms with van der Waals surface area (Å²) >= 11 is 0. The predicted octanol–water partition coefficient (Wildman–Crippen LogP) is 1.60. The summed E-state index contributed by atoms with van der Waals surface area (Å²) in [6.07, 6.45) is 5.63. The van der Waals surface area contributed by atoms with E-state index in [2.05, 4.69) is 23.1 Å². The minimum Gasteiger partial charge on any atom is -0.464 e. The number of rotatable bonds is 9. The van der Waals surface area contributed by atoms with Gasteiger partial charge in [-0.3, -0.25) is 14.2 Å². The molecular weight excluding hydrogens is 366 g/mol. The van der Waals surface area contributed by atoms with Crippen LogP contribution in [0.15, 0.2) is 55.9 Å². The number of esters is 3. The minimum atomic E-state index is -1.48. The highest BCUT2D eigenvalue weighted by Crippen LogP contribution is 2.25. The number of hydrogen-bond donors (Lipinski definition) is 0. The van der Waals surface area contributed by atoms with Crippen LogP contribution in [-0.2, 0) is 23.8 Å². The average Bonchev–Trinajstić information content (AvgIpc) is 3.15. The van der Waals surface area contributed by atoms with Gasteiger partial charge in [-0.15, -0.1) is 0 Å². The number of aromatic nitrogens is 3. The Bertz CT molecular complexity index is 851. The Balaban J connectivity index is 2.61. The molecule has 0 aliphatic carbocycles. The summed E-state index contributed by atoms with van der Waals surface area (Å²) in [5, 5.41) is 0. The van der Waals surface area contributed by atoms with Gasteiger partial charge in [-0.05, 0) is 18.2 Å². The van der Waals surface area contributed by atoms with Crippen LogP contribution in [0, 0.1) is 0 Å². The lowest BCUT2D eigenvalue weighted by Crippen LogP contribution is -2.29. The molecule has 0 spiro atoms. The van der Waals surface area contributed by atoms with Crippen LogP contribution in [0.1, 0.15) is 22.1 Å². The Hall–Kier alpha value is -3.75. The third-order valence-electron chi connectivity index (χ3n) is 3.51. The van der Waals surface area contributed by atoms with Gasteiger partial charge in [-0.25, -0.2) is 14.8 Å². The van der Waals surface area contributed by atoms with Gasteiger partial charge in [0.1, 0.15) is 18.9 Å². The monoisotopic (exact) mass is 385 g/mol. The second kappa shape index (κ2) is 9.81. The summed E-state index contributed by atoms with van der Waals surface area (Å²) in [6.45, 7) is 6.74. The van der Waals surface area contributed by atoms with E-state index in [1.165, 1.54) is 48.4 Å². The van der Waals surface area contributed by atoms with E-state index in [9.17, 15) is 14.4 Å². The molecule has 0 fully saturated rings. The number of nitrogens with zero attached hydrogens (tertiary/aromatic N) is 3.